The summed E-state index contributed by atoms with van der Waals surface area (Å²) >= 11 is 3.29. The zero-order chi connectivity index (χ0) is 15.5. The molecule has 23 heavy (non-hydrogen) atoms. The second kappa shape index (κ2) is 6.68. The van der Waals surface area contributed by atoms with Gasteiger partial charge in [0.25, 0.3) is 10.4 Å². The summed E-state index contributed by atoms with van der Waals surface area (Å²) < 4.78 is 11.4. The lowest BCUT2D eigenvalue weighted by Crippen LogP contribution is -1.84. The first-order valence-electron chi connectivity index (χ1n) is 7.35. The standard InChI is InChI=1S/C17H14N2O2S2/c1-3-8-14-12(6-1)18-16(20-14)22-10-5-11-23-17-19-13-7-2-4-9-15(13)21-17/h1-4,6-9H,5,10-11H2. The van der Waals surface area contributed by atoms with E-state index < -0.39 is 0 Å². The highest BCUT2D eigenvalue weighted by Gasteiger charge is 2.07. The van der Waals surface area contributed by atoms with Crippen molar-refractivity contribution in [3.05, 3.63) is 48.5 Å². The van der Waals surface area contributed by atoms with Crippen LogP contribution in [-0.4, -0.2) is 21.5 Å². The maximum Gasteiger partial charge on any atom is 0.256 e. The van der Waals surface area contributed by atoms with Crippen LogP contribution < -0.4 is 0 Å². The molecule has 0 radical (unpaired) electrons. The predicted molar refractivity (Wildman–Crippen MR) is 94.1 cm³/mol. The van der Waals surface area contributed by atoms with Crippen LogP contribution in [0.5, 0.6) is 0 Å². The Kier molecular flexibility index (Phi) is 4.26. The van der Waals surface area contributed by atoms with E-state index in [-0.39, 0.29) is 0 Å². The molecule has 0 unspecified atom stereocenters. The van der Waals surface area contributed by atoms with Gasteiger partial charge in [0.05, 0.1) is 0 Å². The Morgan fingerprint density at radius 1 is 0.696 bits per heavy atom. The minimum Gasteiger partial charge on any atom is -0.431 e. The number of fused-ring (bicyclic) bond motifs is 2. The van der Waals surface area contributed by atoms with Crippen LogP contribution in [0.25, 0.3) is 22.2 Å². The summed E-state index contributed by atoms with van der Waals surface area (Å²) in [4.78, 5) is 8.91. The topological polar surface area (TPSA) is 52.1 Å². The Morgan fingerprint density at radius 3 is 1.65 bits per heavy atom. The van der Waals surface area contributed by atoms with Gasteiger partial charge in [0, 0.05) is 11.5 Å². The van der Waals surface area contributed by atoms with Crippen LogP contribution in [0.2, 0.25) is 0 Å². The number of oxazole rings is 2. The molecule has 4 rings (SSSR count). The van der Waals surface area contributed by atoms with Crippen molar-refractivity contribution in [2.45, 2.75) is 16.9 Å². The molecule has 0 aliphatic carbocycles. The number of aromatic nitrogens is 2. The molecule has 0 aliphatic heterocycles. The summed E-state index contributed by atoms with van der Waals surface area (Å²) in [6.45, 7) is 0. The van der Waals surface area contributed by atoms with Gasteiger partial charge in [-0.1, -0.05) is 47.8 Å². The fourth-order valence-electron chi connectivity index (χ4n) is 2.20. The SMILES string of the molecule is c1ccc2oc(SCCCSc3nc4ccccc4o3)nc2c1. The largest absolute Gasteiger partial charge is 0.431 e. The van der Waals surface area contributed by atoms with Crippen LogP contribution in [0.15, 0.2) is 67.8 Å². The highest BCUT2D eigenvalue weighted by molar-refractivity contribution is 7.99. The van der Waals surface area contributed by atoms with Crippen LogP contribution in [0, 0.1) is 0 Å². The Hall–Kier alpha value is -1.92. The lowest BCUT2D eigenvalue weighted by atomic mass is 10.3. The first-order valence-corrected chi connectivity index (χ1v) is 9.32. The molecule has 0 spiro atoms. The monoisotopic (exact) mass is 342 g/mol. The fraction of sp³-hybridized carbons (Fsp3) is 0.176. The van der Waals surface area contributed by atoms with E-state index >= 15 is 0 Å². The summed E-state index contributed by atoms with van der Waals surface area (Å²) in [6, 6.07) is 15.7. The van der Waals surface area contributed by atoms with Gasteiger partial charge in [-0.3, -0.25) is 0 Å². The second-order valence-corrected chi connectivity index (χ2v) is 7.04. The normalized spacial score (nSPS) is 11.5. The summed E-state index contributed by atoms with van der Waals surface area (Å²) in [5.41, 5.74) is 3.51. The minimum atomic E-state index is 0.734. The molecule has 0 atom stereocenters. The highest BCUT2D eigenvalue weighted by atomic mass is 32.2. The molecule has 0 fully saturated rings. The van der Waals surface area contributed by atoms with E-state index in [1.165, 1.54) is 0 Å². The van der Waals surface area contributed by atoms with Crippen molar-refractivity contribution in [1.82, 2.24) is 9.97 Å². The van der Waals surface area contributed by atoms with Crippen LogP contribution in [-0.2, 0) is 0 Å². The highest BCUT2D eigenvalue weighted by Crippen LogP contribution is 2.26. The van der Waals surface area contributed by atoms with Gasteiger partial charge in [-0.2, -0.15) is 0 Å². The van der Waals surface area contributed by atoms with Crippen LogP contribution in [0.3, 0.4) is 0 Å². The van der Waals surface area contributed by atoms with Gasteiger partial charge >= 0.3 is 0 Å². The van der Waals surface area contributed by atoms with Crippen LogP contribution in [0.4, 0.5) is 0 Å². The molecule has 6 heteroatoms. The zero-order valence-corrected chi connectivity index (χ0v) is 13.9. The molecular formula is C17H14N2O2S2. The lowest BCUT2D eigenvalue weighted by molar-refractivity contribution is 0.489. The molecule has 116 valence electrons. The third-order valence-corrected chi connectivity index (χ3v) is 5.12. The van der Waals surface area contributed by atoms with Gasteiger partial charge in [0.2, 0.25) is 0 Å². The maximum absolute atomic E-state index is 5.69. The number of para-hydroxylation sites is 4. The van der Waals surface area contributed by atoms with Crippen molar-refractivity contribution in [1.29, 1.82) is 0 Å². The van der Waals surface area contributed by atoms with Crippen molar-refractivity contribution >= 4 is 45.7 Å². The Balaban J connectivity index is 1.27. The molecule has 2 aromatic carbocycles. The van der Waals surface area contributed by atoms with Crippen molar-refractivity contribution in [2.24, 2.45) is 0 Å². The molecule has 0 bridgehead atoms. The molecular weight excluding hydrogens is 328 g/mol. The van der Waals surface area contributed by atoms with Gasteiger partial charge in [-0.25, -0.2) is 9.97 Å². The fourth-order valence-corrected chi connectivity index (χ4v) is 3.94. The van der Waals surface area contributed by atoms with Gasteiger partial charge in [0.1, 0.15) is 11.0 Å². The van der Waals surface area contributed by atoms with E-state index in [0.717, 1.165) is 50.6 Å². The van der Waals surface area contributed by atoms with Crippen molar-refractivity contribution in [3.8, 4) is 0 Å². The Labute approximate surface area is 141 Å². The number of nitrogens with zero attached hydrogens (tertiary/aromatic N) is 2. The predicted octanol–water partition coefficient (Wildman–Crippen LogP) is 5.24. The van der Waals surface area contributed by atoms with E-state index in [9.17, 15) is 0 Å². The van der Waals surface area contributed by atoms with Gasteiger partial charge in [0.15, 0.2) is 11.2 Å². The summed E-state index contributed by atoms with van der Waals surface area (Å²) in [6.07, 6.45) is 1.03. The van der Waals surface area contributed by atoms with Crippen molar-refractivity contribution in [2.75, 3.05) is 11.5 Å². The van der Waals surface area contributed by atoms with Gasteiger partial charge in [-0.15, -0.1) is 0 Å². The molecule has 0 saturated heterocycles. The van der Waals surface area contributed by atoms with E-state index in [1.807, 2.05) is 48.5 Å². The molecule has 2 aromatic heterocycles. The molecule has 0 N–H and O–H groups in total. The first kappa shape index (κ1) is 14.7. The molecule has 0 saturated carbocycles. The number of rotatable bonds is 6. The quantitative estimate of drug-likeness (QED) is 0.353. The zero-order valence-electron chi connectivity index (χ0n) is 12.3. The lowest BCUT2D eigenvalue weighted by Gasteiger charge is -1.96. The third kappa shape index (κ3) is 3.38. The summed E-state index contributed by atoms with van der Waals surface area (Å²) in [7, 11) is 0. The number of hydrogen-bond donors (Lipinski definition) is 0. The average molecular weight is 342 g/mol. The molecule has 4 nitrogen and oxygen atoms in total. The van der Waals surface area contributed by atoms with Gasteiger partial charge < -0.3 is 8.83 Å². The van der Waals surface area contributed by atoms with Crippen LogP contribution >= 0.6 is 23.5 Å². The third-order valence-electron chi connectivity index (χ3n) is 3.29. The number of thioether (sulfide) groups is 2. The molecule has 0 amide bonds. The number of hydrogen-bond acceptors (Lipinski definition) is 6. The summed E-state index contributed by atoms with van der Waals surface area (Å²) in [5.74, 6) is 1.92. The van der Waals surface area contributed by atoms with Gasteiger partial charge in [-0.05, 0) is 30.7 Å². The minimum absolute atomic E-state index is 0.734. The average Bonchev–Trinajstić information content (AvgIpc) is 3.17. The van der Waals surface area contributed by atoms with E-state index in [0.29, 0.717) is 0 Å². The molecule has 2 heterocycles. The Morgan fingerprint density at radius 2 is 1.17 bits per heavy atom. The number of benzene rings is 2. The van der Waals surface area contributed by atoms with E-state index in [2.05, 4.69) is 9.97 Å². The van der Waals surface area contributed by atoms with Crippen molar-refractivity contribution < 1.29 is 8.83 Å². The summed E-state index contributed by atoms with van der Waals surface area (Å²) in [5, 5.41) is 1.47. The van der Waals surface area contributed by atoms with Crippen molar-refractivity contribution in [3.63, 3.8) is 0 Å². The van der Waals surface area contributed by atoms with E-state index in [4.69, 9.17) is 8.83 Å². The maximum atomic E-state index is 5.69. The smallest absolute Gasteiger partial charge is 0.256 e. The second-order valence-electron chi connectivity index (χ2n) is 4.95. The Bertz CT molecular complexity index is 790. The van der Waals surface area contributed by atoms with Crippen LogP contribution in [0.1, 0.15) is 6.42 Å². The molecule has 4 aromatic rings. The van der Waals surface area contributed by atoms with E-state index in [1.54, 1.807) is 23.5 Å². The first-order chi connectivity index (χ1) is 11.4. The molecule has 0 aliphatic rings.